The van der Waals surface area contributed by atoms with E-state index in [0.717, 1.165) is 17.7 Å². The summed E-state index contributed by atoms with van der Waals surface area (Å²) in [5.74, 6) is 1.37. The van der Waals surface area contributed by atoms with E-state index in [1.54, 1.807) is 6.20 Å². The van der Waals surface area contributed by atoms with Crippen LogP contribution in [0.1, 0.15) is 31.7 Å². The largest absolute Gasteiger partial charge is 0.393 e. The zero-order valence-corrected chi connectivity index (χ0v) is 11.5. The minimum atomic E-state index is -0.446. The molecule has 0 fully saturated rings. The maximum atomic E-state index is 9.86. The summed E-state index contributed by atoms with van der Waals surface area (Å²) in [6.07, 6.45) is 2.36. The smallest absolute Gasteiger partial charge is 0.229 e. The molecular weight excluding hydrogens is 242 g/mol. The lowest BCUT2D eigenvalue weighted by atomic mass is 10.0. The van der Waals surface area contributed by atoms with Crippen molar-refractivity contribution in [1.82, 2.24) is 15.1 Å². The molecule has 2 aromatic heterocycles. The second kappa shape index (κ2) is 5.93. The SMILES string of the molecule is Cc1cccnc1-c1noc(CC(O)CC(C)C)n1. The van der Waals surface area contributed by atoms with Gasteiger partial charge in [-0.15, -0.1) is 0 Å². The van der Waals surface area contributed by atoms with Crippen molar-refractivity contribution in [2.75, 3.05) is 0 Å². The van der Waals surface area contributed by atoms with Crippen LogP contribution in [0.15, 0.2) is 22.9 Å². The van der Waals surface area contributed by atoms with Gasteiger partial charge in [0.2, 0.25) is 11.7 Å². The summed E-state index contributed by atoms with van der Waals surface area (Å²) in [6.45, 7) is 6.09. The Labute approximate surface area is 112 Å². The van der Waals surface area contributed by atoms with Crippen molar-refractivity contribution in [3.63, 3.8) is 0 Å². The van der Waals surface area contributed by atoms with Crippen LogP contribution < -0.4 is 0 Å². The molecule has 1 atom stereocenters. The Balaban J connectivity index is 2.09. The monoisotopic (exact) mass is 261 g/mol. The number of hydrogen-bond acceptors (Lipinski definition) is 5. The Kier molecular flexibility index (Phi) is 4.27. The van der Waals surface area contributed by atoms with Gasteiger partial charge in [0.25, 0.3) is 0 Å². The van der Waals surface area contributed by atoms with E-state index in [4.69, 9.17) is 4.52 Å². The van der Waals surface area contributed by atoms with Crippen LogP contribution in [0.5, 0.6) is 0 Å². The quantitative estimate of drug-likeness (QED) is 0.894. The van der Waals surface area contributed by atoms with Gasteiger partial charge in [-0.05, 0) is 30.9 Å². The van der Waals surface area contributed by atoms with Crippen molar-refractivity contribution in [3.8, 4) is 11.5 Å². The fourth-order valence-corrected chi connectivity index (χ4v) is 1.98. The van der Waals surface area contributed by atoms with Crippen LogP contribution >= 0.6 is 0 Å². The van der Waals surface area contributed by atoms with E-state index in [1.807, 2.05) is 19.1 Å². The van der Waals surface area contributed by atoms with Crippen molar-refractivity contribution in [1.29, 1.82) is 0 Å². The first-order chi connectivity index (χ1) is 9.06. The van der Waals surface area contributed by atoms with Crippen molar-refractivity contribution in [3.05, 3.63) is 29.8 Å². The minimum Gasteiger partial charge on any atom is -0.393 e. The molecule has 0 saturated carbocycles. The van der Waals surface area contributed by atoms with E-state index in [9.17, 15) is 5.11 Å². The van der Waals surface area contributed by atoms with Crippen LogP contribution in [-0.2, 0) is 6.42 Å². The predicted molar refractivity (Wildman–Crippen MR) is 71.4 cm³/mol. The van der Waals surface area contributed by atoms with Crippen LogP contribution in [0.2, 0.25) is 0 Å². The predicted octanol–water partition coefficient (Wildman–Crippen LogP) is 2.39. The van der Waals surface area contributed by atoms with Crippen molar-refractivity contribution in [2.24, 2.45) is 5.92 Å². The maximum absolute atomic E-state index is 9.86. The number of aryl methyl sites for hydroxylation is 1. The number of hydrogen-bond donors (Lipinski definition) is 1. The highest BCUT2D eigenvalue weighted by molar-refractivity contribution is 5.53. The maximum Gasteiger partial charge on any atom is 0.229 e. The minimum absolute atomic E-state index is 0.386. The van der Waals surface area contributed by atoms with Gasteiger partial charge in [0, 0.05) is 6.20 Å². The molecule has 1 unspecified atom stereocenters. The summed E-state index contributed by atoms with van der Waals surface area (Å²) in [6, 6.07) is 3.82. The van der Waals surface area contributed by atoms with E-state index in [0.29, 0.717) is 24.1 Å². The summed E-state index contributed by atoms with van der Waals surface area (Å²) in [5.41, 5.74) is 1.72. The number of aliphatic hydroxyl groups excluding tert-OH is 1. The fraction of sp³-hybridized carbons (Fsp3) is 0.500. The van der Waals surface area contributed by atoms with Crippen molar-refractivity contribution in [2.45, 2.75) is 39.7 Å². The highest BCUT2D eigenvalue weighted by Crippen LogP contribution is 2.18. The van der Waals surface area contributed by atoms with Gasteiger partial charge in [-0.1, -0.05) is 25.1 Å². The summed E-state index contributed by atoms with van der Waals surface area (Å²) in [5, 5.41) is 13.8. The molecule has 0 amide bonds. The number of aliphatic hydroxyl groups is 1. The zero-order chi connectivity index (χ0) is 13.8. The molecule has 2 rings (SSSR count). The molecule has 2 aromatic rings. The number of pyridine rings is 1. The first kappa shape index (κ1) is 13.7. The van der Waals surface area contributed by atoms with Gasteiger partial charge in [-0.2, -0.15) is 4.98 Å². The third-order valence-corrected chi connectivity index (χ3v) is 2.84. The second-order valence-corrected chi connectivity index (χ2v) is 5.17. The lowest BCUT2D eigenvalue weighted by Gasteiger charge is -2.09. The van der Waals surface area contributed by atoms with Crippen LogP contribution in [-0.4, -0.2) is 26.3 Å². The van der Waals surface area contributed by atoms with Crippen molar-refractivity contribution < 1.29 is 9.63 Å². The standard InChI is InChI=1S/C14H19N3O2/c1-9(2)7-11(18)8-12-16-14(17-19-12)13-10(3)5-4-6-15-13/h4-6,9,11,18H,7-8H2,1-3H3. The molecular formula is C14H19N3O2. The van der Waals surface area contributed by atoms with E-state index < -0.39 is 6.10 Å². The molecule has 0 spiro atoms. The molecule has 0 radical (unpaired) electrons. The molecule has 0 aromatic carbocycles. The Bertz CT molecular complexity index is 537. The van der Waals surface area contributed by atoms with Crippen LogP contribution in [0.3, 0.4) is 0 Å². The van der Waals surface area contributed by atoms with Gasteiger partial charge in [-0.3, -0.25) is 4.98 Å². The summed E-state index contributed by atoms with van der Waals surface area (Å²) < 4.78 is 5.17. The fourth-order valence-electron chi connectivity index (χ4n) is 1.98. The van der Waals surface area contributed by atoms with Gasteiger partial charge in [0.15, 0.2) is 0 Å². The van der Waals surface area contributed by atoms with Gasteiger partial charge in [0.05, 0.1) is 12.5 Å². The summed E-state index contributed by atoms with van der Waals surface area (Å²) in [7, 11) is 0. The average molecular weight is 261 g/mol. The third-order valence-electron chi connectivity index (χ3n) is 2.84. The lowest BCUT2D eigenvalue weighted by molar-refractivity contribution is 0.138. The Morgan fingerprint density at radius 3 is 2.84 bits per heavy atom. The number of rotatable bonds is 5. The van der Waals surface area contributed by atoms with E-state index in [1.165, 1.54) is 0 Å². The van der Waals surface area contributed by atoms with E-state index in [-0.39, 0.29) is 0 Å². The molecule has 102 valence electrons. The number of nitrogens with zero attached hydrogens (tertiary/aromatic N) is 3. The third kappa shape index (κ3) is 3.61. The lowest BCUT2D eigenvalue weighted by Crippen LogP contribution is -2.13. The molecule has 5 heteroatoms. The molecule has 0 aliphatic heterocycles. The van der Waals surface area contributed by atoms with Crippen molar-refractivity contribution >= 4 is 0 Å². The van der Waals surface area contributed by atoms with Crippen LogP contribution in [0.25, 0.3) is 11.5 Å². The van der Waals surface area contributed by atoms with Gasteiger partial charge >= 0.3 is 0 Å². The highest BCUT2D eigenvalue weighted by Gasteiger charge is 2.15. The summed E-state index contributed by atoms with van der Waals surface area (Å²) >= 11 is 0. The summed E-state index contributed by atoms with van der Waals surface area (Å²) in [4.78, 5) is 8.53. The normalized spacial score (nSPS) is 12.9. The van der Waals surface area contributed by atoms with Gasteiger partial charge in [0.1, 0.15) is 5.69 Å². The molecule has 0 aliphatic carbocycles. The first-order valence-corrected chi connectivity index (χ1v) is 6.49. The highest BCUT2D eigenvalue weighted by atomic mass is 16.5. The van der Waals surface area contributed by atoms with Gasteiger partial charge < -0.3 is 9.63 Å². The Morgan fingerprint density at radius 1 is 1.37 bits per heavy atom. The molecule has 2 heterocycles. The molecule has 1 N–H and O–H groups in total. The second-order valence-electron chi connectivity index (χ2n) is 5.17. The first-order valence-electron chi connectivity index (χ1n) is 6.49. The topological polar surface area (TPSA) is 72.0 Å². The Morgan fingerprint density at radius 2 is 2.16 bits per heavy atom. The van der Waals surface area contributed by atoms with E-state index >= 15 is 0 Å². The molecule has 0 saturated heterocycles. The van der Waals surface area contributed by atoms with Crippen LogP contribution in [0, 0.1) is 12.8 Å². The average Bonchev–Trinajstić information content (AvgIpc) is 2.76. The molecule has 0 bridgehead atoms. The Hall–Kier alpha value is -1.75. The molecule has 5 nitrogen and oxygen atoms in total. The van der Waals surface area contributed by atoms with Gasteiger partial charge in [-0.25, -0.2) is 0 Å². The van der Waals surface area contributed by atoms with E-state index in [2.05, 4.69) is 29.0 Å². The zero-order valence-electron chi connectivity index (χ0n) is 11.5. The number of aromatic nitrogens is 3. The van der Waals surface area contributed by atoms with Crippen LogP contribution in [0.4, 0.5) is 0 Å². The molecule has 19 heavy (non-hydrogen) atoms. The molecule has 0 aliphatic rings.